The van der Waals surface area contributed by atoms with Gasteiger partial charge >= 0.3 is 5.97 Å². The number of piperazine rings is 1. The highest BCUT2D eigenvalue weighted by Gasteiger charge is 2.21. The summed E-state index contributed by atoms with van der Waals surface area (Å²) in [5.74, 6) is -0.834. The molecular formula is C21H20Cl2N4O3. The first kappa shape index (κ1) is 20.5. The predicted octanol–water partition coefficient (Wildman–Crippen LogP) is 3.60. The summed E-state index contributed by atoms with van der Waals surface area (Å²) in [7, 11) is 0. The van der Waals surface area contributed by atoms with Crippen LogP contribution in [0.2, 0.25) is 10.0 Å². The van der Waals surface area contributed by atoms with Crippen LogP contribution in [-0.4, -0.2) is 57.7 Å². The van der Waals surface area contributed by atoms with Crippen LogP contribution in [0, 0.1) is 0 Å². The van der Waals surface area contributed by atoms with E-state index in [-0.39, 0.29) is 12.3 Å². The number of anilines is 1. The Bertz CT molecular complexity index is 1110. The molecule has 1 saturated heterocycles. The predicted molar refractivity (Wildman–Crippen MR) is 116 cm³/mol. The van der Waals surface area contributed by atoms with Gasteiger partial charge in [-0.15, -0.1) is 0 Å². The van der Waals surface area contributed by atoms with Crippen LogP contribution < -0.4 is 4.90 Å². The third-order valence-electron chi connectivity index (χ3n) is 5.35. The average Bonchev–Trinajstić information content (AvgIpc) is 3.09. The highest BCUT2D eigenvalue weighted by Crippen LogP contribution is 2.39. The minimum absolute atomic E-state index is 0.0820. The van der Waals surface area contributed by atoms with Gasteiger partial charge in [0, 0.05) is 56.1 Å². The van der Waals surface area contributed by atoms with Crippen molar-refractivity contribution in [2.75, 3.05) is 31.1 Å². The summed E-state index contributed by atoms with van der Waals surface area (Å²) < 4.78 is 1.63. The van der Waals surface area contributed by atoms with Crippen LogP contribution in [0.5, 0.6) is 0 Å². The zero-order chi connectivity index (χ0) is 21.4. The quantitative estimate of drug-likeness (QED) is 0.662. The first-order valence-electron chi connectivity index (χ1n) is 9.51. The number of aliphatic carboxylic acids is 1. The number of rotatable bonds is 4. The summed E-state index contributed by atoms with van der Waals surface area (Å²) in [5.41, 5.74) is 3.71. The molecular weight excluding hydrogens is 427 g/mol. The molecule has 1 N–H and O–H groups in total. The third-order valence-corrected chi connectivity index (χ3v) is 5.94. The molecule has 3 aromatic rings. The van der Waals surface area contributed by atoms with Crippen molar-refractivity contribution in [2.24, 2.45) is 0 Å². The molecule has 30 heavy (non-hydrogen) atoms. The van der Waals surface area contributed by atoms with Gasteiger partial charge in [0.05, 0.1) is 28.2 Å². The number of nitrogens with zero attached hydrogens (tertiary/aromatic N) is 4. The lowest BCUT2D eigenvalue weighted by Gasteiger charge is -2.36. The number of carbonyl (C=O) groups excluding carboxylic acids is 1. The number of hydrogen-bond acceptors (Lipinski definition) is 4. The van der Waals surface area contributed by atoms with Crippen molar-refractivity contribution >= 4 is 46.3 Å². The number of hydrogen-bond donors (Lipinski definition) is 1. The topological polar surface area (TPSA) is 78.2 Å². The van der Waals surface area contributed by atoms with E-state index >= 15 is 0 Å². The molecule has 1 aromatic carbocycles. The standard InChI is InChI=1S/C21H20Cl2N4O3/c1-13(28)25-4-6-26(7-5-25)16-10-17(22)21(18(23)11-16)14-2-3-27-19(8-14)15(12-24-27)9-20(29)30/h2-3,8,10-12H,4-7,9H2,1H3,(H,29,30). The summed E-state index contributed by atoms with van der Waals surface area (Å²) >= 11 is 13.2. The summed E-state index contributed by atoms with van der Waals surface area (Å²) in [5, 5.41) is 14.3. The van der Waals surface area contributed by atoms with E-state index < -0.39 is 5.97 Å². The van der Waals surface area contributed by atoms with E-state index in [9.17, 15) is 9.59 Å². The Kier molecular flexibility index (Phi) is 5.58. The Hall–Kier alpha value is -2.77. The van der Waals surface area contributed by atoms with Crippen molar-refractivity contribution < 1.29 is 14.7 Å². The zero-order valence-electron chi connectivity index (χ0n) is 16.3. The fourth-order valence-electron chi connectivity index (χ4n) is 3.78. The average molecular weight is 447 g/mol. The number of fused-ring (bicyclic) bond motifs is 1. The molecule has 3 heterocycles. The number of carboxylic acid groups (broad SMARTS) is 1. The van der Waals surface area contributed by atoms with Crippen LogP contribution in [0.15, 0.2) is 36.7 Å². The molecule has 1 aliphatic heterocycles. The molecule has 1 fully saturated rings. The van der Waals surface area contributed by atoms with Gasteiger partial charge in [0.25, 0.3) is 0 Å². The maximum atomic E-state index is 11.5. The molecule has 0 spiro atoms. The Labute approximate surface area is 183 Å². The highest BCUT2D eigenvalue weighted by atomic mass is 35.5. The van der Waals surface area contributed by atoms with Gasteiger partial charge in [0.2, 0.25) is 5.91 Å². The monoisotopic (exact) mass is 446 g/mol. The number of amides is 1. The van der Waals surface area contributed by atoms with E-state index in [0.29, 0.717) is 52.9 Å². The van der Waals surface area contributed by atoms with Crippen LogP contribution in [-0.2, 0) is 16.0 Å². The lowest BCUT2D eigenvalue weighted by Crippen LogP contribution is -2.48. The number of benzene rings is 1. The molecule has 2 aromatic heterocycles. The number of halogens is 2. The van der Waals surface area contributed by atoms with Crippen LogP contribution in [0.3, 0.4) is 0 Å². The molecule has 156 valence electrons. The molecule has 7 nitrogen and oxygen atoms in total. The van der Waals surface area contributed by atoms with Crippen LogP contribution in [0.1, 0.15) is 12.5 Å². The number of pyridine rings is 1. The lowest BCUT2D eigenvalue weighted by atomic mass is 10.0. The molecule has 0 atom stereocenters. The van der Waals surface area contributed by atoms with Gasteiger partial charge in [-0.1, -0.05) is 23.2 Å². The Morgan fingerprint density at radius 1 is 1.10 bits per heavy atom. The molecule has 4 rings (SSSR count). The summed E-state index contributed by atoms with van der Waals surface area (Å²) in [6, 6.07) is 7.46. The number of aromatic nitrogens is 2. The molecule has 0 aliphatic carbocycles. The minimum atomic E-state index is -0.916. The summed E-state index contributed by atoms with van der Waals surface area (Å²) in [6.07, 6.45) is 3.21. The lowest BCUT2D eigenvalue weighted by molar-refractivity contribution is -0.136. The molecule has 0 bridgehead atoms. The number of carbonyl (C=O) groups is 2. The van der Waals surface area contributed by atoms with E-state index in [1.54, 1.807) is 23.8 Å². The van der Waals surface area contributed by atoms with Gasteiger partial charge in [0.1, 0.15) is 0 Å². The fourth-order valence-corrected chi connectivity index (χ4v) is 4.48. The third kappa shape index (κ3) is 3.95. The second-order valence-electron chi connectivity index (χ2n) is 7.26. The Balaban J connectivity index is 1.65. The maximum Gasteiger partial charge on any atom is 0.307 e. The van der Waals surface area contributed by atoms with Crippen molar-refractivity contribution in [2.45, 2.75) is 13.3 Å². The van der Waals surface area contributed by atoms with Gasteiger partial charge in [-0.25, -0.2) is 4.52 Å². The van der Waals surface area contributed by atoms with Gasteiger partial charge < -0.3 is 14.9 Å². The molecule has 0 saturated carbocycles. The molecule has 9 heteroatoms. The SMILES string of the molecule is CC(=O)N1CCN(c2cc(Cl)c(-c3ccn4ncc(CC(=O)O)c4c3)c(Cl)c2)CC1. The minimum Gasteiger partial charge on any atom is -0.481 e. The van der Waals surface area contributed by atoms with Crippen LogP contribution in [0.4, 0.5) is 5.69 Å². The second-order valence-corrected chi connectivity index (χ2v) is 8.08. The van der Waals surface area contributed by atoms with E-state index in [4.69, 9.17) is 28.3 Å². The van der Waals surface area contributed by atoms with Crippen molar-refractivity contribution in [3.05, 3.63) is 52.3 Å². The van der Waals surface area contributed by atoms with Gasteiger partial charge in [-0.05, 0) is 29.8 Å². The smallest absolute Gasteiger partial charge is 0.307 e. The number of carboxylic acids is 1. The van der Waals surface area contributed by atoms with Crippen molar-refractivity contribution in [1.29, 1.82) is 0 Å². The van der Waals surface area contributed by atoms with Gasteiger partial charge in [-0.2, -0.15) is 5.10 Å². The van der Waals surface area contributed by atoms with Crippen molar-refractivity contribution in [3.63, 3.8) is 0 Å². The molecule has 0 unspecified atom stereocenters. The van der Waals surface area contributed by atoms with Crippen molar-refractivity contribution in [3.8, 4) is 11.1 Å². The maximum absolute atomic E-state index is 11.5. The van der Waals surface area contributed by atoms with Crippen LogP contribution >= 0.6 is 23.2 Å². The van der Waals surface area contributed by atoms with Crippen molar-refractivity contribution in [1.82, 2.24) is 14.5 Å². The first-order chi connectivity index (χ1) is 14.3. The van der Waals surface area contributed by atoms with Gasteiger partial charge in [0.15, 0.2) is 0 Å². The first-order valence-corrected chi connectivity index (χ1v) is 10.3. The second kappa shape index (κ2) is 8.16. The molecule has 0 radical (unpaired) electrons. The zero-order valence-corrected chi connectivity index (χ0v) is 17.8. The van der Waals surface area contributed by atoms with E-state index in [2.05, 4.69) is 10.00 Å². The Morgan fingerprint density at radius 3 is 2.37 bits per heavy atom. The normalized spacial score (nSPS) is 14.4. The van der Waals surface area contributed by atoms with E-state index in [1.165, 1.54) is 0 Å². The highest BCUT2D eigenvalue weighted by molar-refractivity contribution is 6.39. The molecule has 1 amide bonds. The summed E-state index contributed by atoms with van der Waals surface area (Å²) in [4.78, 5) is 26.6. The molecule has 1 aliphatic rings. The van der Waals surface area contributed by atoms with E-state index in [0.717, 1.165) is 11.3 Å². The Morgan fingerprint density at radius 2 is 1.77 bits per heavy atom. The largest absolute Gasteiger partial charge is 0.481 e. The summed E-state index contributed by atoms with van der Waals surface area (Å²) in [6.45, 7) is 4.34. The van der Waals surface area contributed by atoms with Crippen LogP contribution in [0.25, 0.3) is 16.6 Å². The van der Waals surface area contributed by atoms with E-state index in [1.807, 2.05) is 29.2 Å². The van der Waals surface area contributed by atoms with Gasteiger partial charge in [-0.3, -0.25) is 9.59 Å². The fraction of sp³-hybridized carbons (Fsp3) is 0.286.